The molecule has 3 aromatic rings. The van der Waals surface area contributed by atoms with Gasteiger partial charge in [0, 0.05) is 6.42 Å². The maximum atomic E-state index is 12.7. The van der Waals surface area contributed by atoms with E-state index in [4.69, 9.17) is 9.47 Å². The molecule has 0 spiro atoms. The lowest BCUT2D eigenvalue weighted by molar-refractivity contribution is -0.121. The predicted molar refractivity (Wildman–Crippen MR) is 111 cm³/mol. The number of nitrogens with one attached hydrogen (secondary N) is 1. The number of amides is 1. The van der Waals surface area contributed by atoms with Gasteiger partial charge in [0.2, 0.25) is 5.91 Å². The van der Waals surface area contributed by atoms with Crippen molar-refractivity contribution >= 4 is 5.91 Å². The number of aryl methyl sites for hydroxylation is 1. The standard InChI is InChI=1S/C24H25NO3/c1-27-21-15-13-18(17-22(21)28-2)14-16-23(26)25-24(19-9-5-3-6-10-19)20-11-7-4-8-12-20/h3-13,15,17,24H,14,16H2,1-2H3,(H,25,26). The van der Waals surface area contributed by atoms with Gasteiger partial charge in [-0.15, -0.1) is 0 Å². The molecule has 0 atom stereocenters. The molecule has 1 amide bonds. The zero-order valence-corrected chi connectivity index (χ0v) is 16.2. The topological polar surface area (TPSA) is 47.6 Å². The molecule has 4 heteroatoms. The third-order valence-electron chi connectivity index (χ3n) is 4.66. The fourth-order valence-corrected chi connectivity index (χ4v) is 3.18. The molecule has 0 bridgehead atoms. The van der Waals surface area contributed by atoms with Crippen LogP contribution in [0.25, 0.3) is 0 Å². The van der Waals surface area contributed by atoms with Gasteiger partial charge in [0.25, 0.3) is 0 Å². The number of methoxy groups -OCH3 is 2. The maximum Gasteiger partial charge on any atom is 0.221 e. The van der Waals surface area contributed by atoms with Crippen molar-refractivity contribution in [3.63, 3.8) is 0 Å². The van der Waals surface area contributed by atoms with E-state index in [0.29, 0.717) is 24.3 Å². The molecule has 0 unspecified atom stereocenters. The average Bonchev–Trinajstić information content (AvgIpc) is 2.77. The van der Waals surface area contributed by atoms with Crippen LogP contribution in [0.15, 0.2) is 78.9 Å². The zero-order valence-electron chi connectivity index (χ0n) is 16.2. The fourth-order valence-electron chi connectivity index (χ4n) is 3.18. The Kier molecular flexibility index (Phi) is 6.68. The summed E-state index contributed by atoms with van der Waals surface area (Å²) in [7, 11) is 3.22. The summed E-state index contributed by atoms with van der Waals surface area (Å²) < 4.78 is 10.6. The smallest absolute Gasteiger partial charge is 0.221 e. The van der Waals surface area contributed by atoms with Crippen LogP contribution in [0.1, 0.15) is 29.2 Å². The molecule has 0 aliphatic carbocycles. The molecule has 1 N–H and O–H groups in total. The molecule has 28 heavy (non-hydrogen) atoms. The van der Waals surface area contributed by atoms with E-state index in [1.54, 1.807) is 14.2 Å². The number of ether oxygens (including phenoxy) is 2. The summed E-state index contributed by atoms with van der Waals surface area (Å²) in [6.45, 7) is 0. The molecule has 144 valence electrons. The largest absolute Gasteiger partial charge is 0.493 e. The van der Waals surface area contributed by atoms with Gasteiger partial charge < -0.3 is 14.8 Å². The molecule has 0 heterocycles. The van der Waals surface area contributed by atoms with Gasteiger partial charge in [-0.1, -0.05) is 66.7 Å². The van der Waals surface area contributed by atoms with Crippen LogP contribution in [0.3, 0.4) is 0 Å². The van der Waals surface area contributed by atoms with Crippen LogP contribution in [0.4, 0.5) is 0 Å². The van der Waals surface area contributed by atoms with E-state index in [1.165, 1.54) is 0 Å². The van der Waals surface area contributed by atoms with E-state index in [9.17, 15) is 4.79 Å². The second kappa shape index (κ2) is 9.60. The van der Waals surface area contributed by atoms with Crippen molar-refractivity contribution < 1.29 is 14.3 Å². The van der Waals surface area contributed by atoms with Crippen molar-refractivity contribution in [3.05, 3.63) is 95.6 Å². The molecule has 4 nitrogen and oxygen atoms in total. The maximum absolute atomic E-state index is 12.7. The highest BCUT2D eigenvalue weighted by atomic mass is 16.5. The van der Waals surface area contributed by atoms with Crippen molar-refractivity contribution in [1.29, 1.82) is 0 Å². The molecular formula is C24H25NO3. The molecule has 0 fully saturated rings. The van der Waals surface area contributed by atoms with Crippen molar-refractivity contribution in [1.82, 2.24) is 5.32 Å². The molecule has 0 saturated heterocycles. The summed E-state index contributed by atoms with van der Waals surface area (Å²) in [4.78, 5) is 12.7. The fraction of sp³-hybridized carbons (Fsp3) is 0.208. The van der Waals surface area contributed by atoms with Gasteiger partial charge in [0.1, 0.15) is 0 Å². The molecule has 0 saturated carbocycles. The highest BCUT2D eigenvalue weighted by Crippen LogP contribution is 2.28. The Balaban J connectivity index is 1.69. The third kappa shape index (κ3) is 4.92. The van der Waals surface area contributed by atoms with Crippen molar-refractivity contribution in [2.45, 2.75) is 18.9 Å². The van der Waals surface area contributed by atoms with E-state index >= 15 is 0 Å². The zero-order chi connectivity index (χ0) is 19.8. The van der Waals surface area contributed by atoms with E-state index in [0.717, 1.165) is 16.7 Å². The Morgan fingerprint density at radius 3 is 1.93 bits per heavy atom. The van der Waals surface area contributed by atoms with E-state index in [-0.39, 0.29) is 11.9 Å². The minimum Gasteiger partial charge on any atom is -0.493 e. The Morgan fingerprint density at radius 2 is 1.39 bits per heavy atom. The van der Waals surface area contributed by atoms with Crippen molar-refractivity contribution in [3.8, 4) is 11.5 Å². The third-order valence-corrected chi connectivity index (χ3v) is 4.66. The average molecular weight is 375 g/mol. The highest BCUT2D eigenvalue weighted by molar-refractivity contribution is 5.77. The number of hydrogen-bond acceptors (Lipinski definition) is 3. The minimum absolute atomic E-state index is 0.00694. The van der Waals surface area contributed by atoms with Crippen LogP contribution in [0.2, 0.25) is 0 Å². The van der Waals surface area contributed by atoms with E-state index < -0.39 is 0 Å². The summed E-state index contributed by atoms with van der Waals surface area (Å²) in [6.07, 6.45) is 1.02. The first-order chi connectivity index (χ1) is 13.7. The number of rotatable bonds is 8. The van der Waals surface area contributed by atoms with Crippen LogP contribution in [0.5, 0.6) is 11.5 Å². The van der Waals surface area contributed by atoms with Crippen molar-refractivity contribution in [2.75, 3.05) is 14.2 Å². The summed E-state index contributed by atoms with van der Waals surface area (Å²) >= 11 is 0. The van der Waals surface area contributed by atoms with Crippen LogP contribution < -0.4 is 14.8 Å². The van der Waals surface area contributed by atoms with Crippen LogP contribution in [-0.2, 0) is 11.2 Å². The van der Waals surface area contributed by atoms with Gasteiger partial charge in [-0.3, -0.25) is 4.79 Å². The number of carbonyl (C=O) groups is 1. The first kappa shape index (κ1) is 19.5. The van der Waals surface area contributed by atoms with Crippen LogP contribution in [0, 0.1) is 0 Å². The number of benzene rings is 3. The lowest BCUT2D eigenvalue weighted by atomic mass is 9.98. The monoisotopic (exact) mass is 375 g/mol. The highest BCUT2D eigenvalue weighted by Gasteiger charge is 2.16. The molecule has 0 radical (unpaired) electrons. The molecule has 0 aliphatic rings. The first-order valence-corrected chi connectivity index (χ1v) is 9.31. The number of hydrogen-bond donors (Lipinski definition) is 1. The Bertz CT molecular complexity index is 855. The second-order valence-corrected chi connectivity index (χ2v) is 6.51. The van der Waals surface area contributed by atoms with Crippen LogP contribution >= 0.6 is 0 Å². The van der Waals surface area contributed by atoms with Gasteiger partial charge in [0.15, 0.2) is 11.5 Å². The lowest BCUT2D eigenvalue weighted by Gasteiger charge is -2.20. The SMILES string of the molecule is COc1ccc(CCC(=O)NC(c2ccccc2)c2ccccc2)cc1OC. The predicted octanol–water partition coefficient (Wildman–Crippen LogP) is 4.54. The van der Waals surface area contributed by atoms with Gasteiger partial charge in [-0.2, -0.15) is 0 Å². The molecule has 3 aromatic carbocycles. The summed E-state index contributed by atoms with van der Waals surface area (Å²) in [5.74, 6) is 1.36. The Morgan fingerprint density at radius 1 is 0.821 bits per heavy atom. The Labute approximate surface area is 166 Å². The van der Waals surface area contributed by atoms with Gasteiger partial charge in [0.05, 0.1) is 20.3 Å². The van der Waals surface area contributed by atoms with Gasteiger partial charge in [-0.05, 0) is 35.2 Å². The molecule has 3 rings (SSSR count). The summed E-state index contributed by atoms with van der Waals surface area (Å²) in [5, 5.41) is 3.18. The van der Waals surface area contributed by atoms with E-state index in [1.807, 2.05) is 78.9 Å². The number of carbonyl (C=O) groups excluding carboxylic acids is 1. The minimum atomic E-state index is -0.166. The van der Waals surface area contributed by atoms with Gasteiger partial charge in [-0.25, -0.2) is 0 Å². The molecular weight excluding hydrogens is 350 g/mol. The lowest BCUT2D eigenvalue weighted by Crippen LogP contribution is -2.29. The molecule has 0 aliphatic heterocycles. The van der Waals surface area contributed by atoms with Gasteiger partial charge >= 0.3 is 0 Å². The second-order valence-electron chi connectivity index (χ2n) is 6.51. The summed E-state index contributed by atoms with van der Waals surface area (Å²) in [6, 6.07) is 25.6. The normalized spacial score (nSPS) is 10.5. The summed E-state index contributed by atoms with van der Waals surface area (Å²) in [5.41, 5.74) is 3.16. The quantitative estimate of drug-likeness (QED) is 0.629. The Hall–Kier alpha value is -3.27. The van der Waals surface area contributed by atoms with E-state index in [2.05, 4.69) is 5.32 Å². The first-order valence-electron chi connectivity index (χ1n) is 9.31. The molecule has 0 aromatic heterocycles. The van der Waals surface area contributed by atoms with Crippen LogP contribution in [-0.4, -0.2) is 20.1 Å². The van der Waals surface area contributed by atoms with Crippen molar-refractivity contribution in [2.24, 2.45) is 0 Å².